The summed E-state index contributed by atoms with van der Waals surface area (Å²) in [5, 5.41) is 18.9. The van der Waals surface area contributed by atoms with Gasteiger partial charge in [0.1, 0.15) is 11.9 Å². The van der Waals surface area contributed by atoms with Crippen LogP contribution in [0.1, 0.15) is 12.5 Å². The molecule has 0 bridgehead atoms. The maximum Gasteiger partial charge on any atom is 0.326 e. The molecule has 1 heterocycles. The Morgan fingerprint density at radius 1 is 1.17 bits per heavy atom. The van der Waals surface area contributed by atoms with Crippen LogP contribution in [0.3, 0.4) is 0 Å². The molecule has 0 saturated heterocycles. The second-order valence-electron chi connectivity index (χ2n) is 6.13. The van der Waals surface area contributed by atoms with Crippen LogP contribution in [0, 0.1) is 5.82 Å². The lowest BCUT2D eigenvalue weighted by molar-refractivity contribution is -0.141. The molecule has 2 aromatic carbocycles. The topological polar surface area (TPSA) is 117 Å². The van der Waals surface area contributed by atoms with Crippen LogP contribution in [0.5, 0.6) is 0 Å². The SMILES string of the molecule is CC(=O)NC(Cc1ccc(-c2cnc3cccc(F)c3c2)cc1)C(=O)O.O=CO. The lowest BCUT2D eigenvalue weighted by Gasteiger charge is -2.13. The van der Waals surface area contributed by atoms with E-state index in [2.05, 4.69) is 10.3 Å². The number of hydrogen-bond acceptors (Lipinski definition) is 4. The molecule has 150 valence electrons. The van der Waals surface area contributed by atoms with Crippen LogP contribution in [-0.4, -0.2) is 39.6 Å². The first-order valence-electron chi connectivity index (χ1n) is 8.57. The first kappa shape index (κ1) is 21.5. The van der Waals surface area contributed by atoms with Gasteiger partial charge in [0.2, 0.25) is 5.91 Å². The fraction of sp³-hybridized carbons (Fsp3) is 0.143. The van der Waals surface area contributed by atoms with E-state index in [1.807, 2.05) is 12.1 Å². The van der Waals surface area contributed by atoms with Gasteiger partial charge in [-0.2, -0.15) is 0 Å². The van der Waals surface area contributed by atoms with Crippen molar-refractivity contribution in [2.24, 2.45) is 0 Å². The minimum absolute atomic E-state index is 0.180. The molecule has 0 fully saturated rings. The summed E-state index contributed by atoms with van der Waals surface area (Å²) in [6.45, 7) is 1.03. The van der Waals surface area contributed by atoms with Gasteiger partial charge in [-0.3, -0.25) is 14.6 Å². The highest BCUT2D eigenvalue weighted by Crippen LogP contribution is 2.24. The van der Waals surface area contributed by atoms with E-state index < -0.39 is 17.9 Å². The molecule has 3 N–H and O–H groups in total. The number of fused-ring (bicyclic) bond motifs is 1. The van der Waals surface area contributed by atoms with Gasteiger partial charge in [-0.05, 0) is 29.3 Å². The van der Waals surface area contributed by atoms with E-state index in [0.29, 0.717) is 10.9 Å². The number of halogens is 1. The van der Waals surface area contributed by atoms with Gasteiger partial charge in [0, 0.05) is 30.5 Å². The molecule has 1 atom stereocenters. The van der Waals surface area contributed by atoms with E-state index in [4.69, 9.17) is 9.90 Å². The Hall–Kier alpha value is -3.81. The number of carbonyl (C=O) groups is 3. The van der Waals surface area contributed by atoms with Gasteiger partial charge in [-0.25, -0.2) is 9.18 Å². The maximum absolute atomic E-state index is 13.9. The summed E-state index contributed by atoms with van der Waals surface area (Å²) in [4.78, 5) is 35.0. The minimum Gasteiger partial charge on any atom is -0.483 e. The number of nitrogens with zero attached hydrogens (tertiary/aromatic N) is 1. The van der Waals surface area contributed by atoms with Crippen molar-refractivity contribution in [3.8, 4) is 11.1 Å². The molecule has 0 aliphatic heterocycles. The highest BCUT2D eigenvalue weighted by molar-refractivity contribution is 5.84. The molecule has 29 heavy (non-hydrogen) atoms. The molecular weight excluding hydrogens is 379 g/mol. The van der Waals surface area contributed by atoms with E-state index in [1.165, 1.54) is 13.0 Å². The second kappa shape index (κ2) is 9.93. The average Bonchev–Trinajstić information content (AvgIpc) is 2.68. The van der Waals surface area contributed by atoms with Crippen LogP contribution in [0.2, 0.25) is 0 Å². The van der Waals surface area contributed by atoms with Crippen molar-refractivity contribution < 1.29 is 29.0 Å². The van der Waals surface area contributed by atoms with Gasteiger partial charge in [0.15, 0.2) is 0 Å². The number of nitrogens with one attached hydrogen (secondary N) is 1. The summed E-state index contributed by atoms with van der Waals surface area (Å²) < 4.78 is 13.9. The Kier molecular flexibility index (Phi) is 7.36. The van der Waals surface area contributed by atoms with Gasteiger partial charge < -0.3 is 15.5 Å². The van der Waals surface area contributed by atoms with Crippen LogP contribution < -0.4 is 5.32 Å². The molecule has 0 radical (unpaired) electrons. The van der Waals surface area contributed by atoms with Crippen molar-refractivity contribution in [3.05, 3.63) is 66.1 Å². The van der Waals surface area contributed by atoms with Crippen LogP contribution in [0.15, 0.2) is 54.7 Å². The standard InChI is InChI=1S/C20H17FN2O3.CH2O2/c1-12(24)23-19(20(25)26)9-13-5-7-14(8-6-13)15-10-16-17(21)3-2-4-18(16)22-11-15;2-1-3/h2-8,10-11,19H,9H2,1H3,(H,23,24)(H,25,26);1H,(H,2,3). The summed E-state index contributed by atoms with van der Waals surface area (Å²) in [5.74, 6) is -1.80. The van der Waals surface area contributed by atoms with E-state index in [0.717, 1.165) is 16.7 Å². The molecule has 1 amide bonds. The first-order chi connectivity index (χ1) is 13.8. The number of pyridine rings is 1. The Morgan fingerprint density at radius 3 is 2.41 bits per heavy atom. The zero-order chi connectivity index (χ0) is 21.4. The number of amides is 1. The number of carboxylic acid groups (broad SMARTS) is 2. The maximum atomic E-state index is 13.9. The van der Waals surface area contributed by atoms with Gasteiger partial charge in [0.05, 0.1) is 5.52 Å². The fourth-order valence-electron chi connectivity index (χ4n) is 2.79. The molecule has 8 heteroatoms. The highest BCUT2D eigenvalue weighted by atomic mass is 19.1. The van der Waals surface area contributed by atoms with Gasteiger partial charge in [0.25, 0.3) is 6.47 Å². The third-order valence-corrected chi connectivity index (χ3v) is 4.08. The molecule has 0 aliphatic carbocycles. The van der Waals surface area contributed by atoms with Crippen molar-refractivity contribution >= 4 is 29.3 Å². The number of hydrogen-bond donors (Lipinski definition) is 3. The third-order valence-electron chi connectivity index (χ3n) is 4.08. The third kappa shape index (κ3) is 5.83. The number of rotatable bonds is 5. The molecule has 3 aromatic rings. The van der Waals surface area contributed by atoms with Crippen molar-refractivity contribution in [3.63, 3.8) is 0 Å². The largest absolute Gasteiger partial charge is 0.483 e. The van der Waals surface area contributed by atoms with Gasteiger partial charge in [-0.1, -0.05) is 30.3 Å². The molecule has 0 saturated carbocycles. The molecule has 0 spiro atoms. The van der Waals surface area contributed by atoms with E-state index in [9.17, 15) is 19.1 Å². The lowest BCUT2D eigenvalue weighted by atomic mass is 10.0. The number of carbonyl (C=O) groups excluding carboxylic acids is 1. The Morgan fingerprint density at radius 2 is 1.83 bits per heavy atom. The predicted molar refractivity (Wildman–Crippen MR) is 105 cm³/mol. The molecule has 0 aliphatic rings. The molecule has 7 nitrogen and oxygen atoms in total. The Labute approximate surface area is 165 Å². The minimum atomic E-state index is -1.08. The zero-order valence-electron chi connectivity index (χ0n) is 15.5. The Bertz CT molecular complexity index is 1020. The van der Waals surface area contributed by atoms with Gasteiger partial charge in [-0.15, -0.1) is 0 Å². The first-order valence-corrected chi connectivity index (χ1v) is 8.57. The highest BCUT2D eigenvalue weighted by Gasteiger charge is 2.18. The van der Waals surface area contributed by atoms with Crippen molar-refractivity contribution in [2.75, 3.05) is 0 Å². The van der Waals surface area contributed by atoms with Crippen LogP contribution in [0.25, 0.3) is 22.0 Å². The summed E-state index contributed by atoms with van der Waals surface area (Å²) in [6.07, 6.45) is 1.86. The lowest BCUT2D eigenvalue weighted by Crippen LogP contribution is -2.41. The summed E-state index contributed by atoms with van der Waals surface area (Å²) in [5.41, 5.74) is 2.98. The normalized spacial score (nSPS) is 11.1. The fourth-order valence-corrected chi connectivity index (χ4v) is 2.79. The second-order valence-corrected chi connectivity index (χ2v) is 6.13. The molecule has 1 aromatic heterocycles. The van der Waals surface area contributed by atoms with E-state index in [1.54, 1.807) is 36.5 Å². The molecular formula is C21H19FN2O5. The van der Waals surface area contributed by atoms with Crippen molar-refractivity contribution in [2.45, 2.75) is 19.4 Å². The smallest absolute Gasteiger partial charge is 0.326 e. The van der Waals surface area contributed by atoms with Crippen molar-refractivity contribution in [1.82, 2.24) is 10.3 Å². The number of aliphatic carboxylic acids is 1. The van der Waals surface area contributed by atoms with Crippen LogP contribution in [0.4, 0.5) is 4.39 Å². The van der Waals surface area contributed by atoms with E-state index >= 15 is 0 Å². The number of carboxylic acids is 1. The predicted octanol–water partition coefficient (Wildman–Crippen LogP) is 2.87. The summed E-state index contributed by atoms with van der Waals surface area (Å²) in [7, 11) is 0. The van der Waals surface area contributed by atoms with E-state index in [-0.39, 0.29) is 18.7 Å². The van der Waals surface area contributed by atoms with Crippen molar-refractivity contribution in [1.29, 1.82) is 0 Å². The zero-order valence-corrected chi connectivity index (χ0v) is 15.5. The van der Waals surface area contributed by atoms with Crippen LogP contribution in [-0.2, 0) is 20.8 Å². The Balaban J connectivity index is 0.000000941. The van der Waals surface area contributed by atoms with Gasteiger partial charge >= 0.3 is 5.97 Å². The monoisotopic (exact) mass is 398 g/mol. The molecule has 3 rings (SSSR count). The quantitative estimate of drug-likeness (QED) is 0.569. The van der Waals surface area contributed by atoms with Crippen LogP contribution >= 0.6 is 0 Å². The number of aromatic nitrogens is 1. The summed E-state index contributed by atoms with van der Waals surface area (Å²) in [6, 6.07) is 12.8. The number of benzene rings is 2. The molecule has 1 unspecified atom stereocenters. The average molecular weight is 398 g/mol. The summed E-state index contributed by atoms with van der Waals surface area (Å²) >= 11 is 0.